The molecule has 0 aromatic heterocycles. The lowest BCUT2D eigenvalue weighted by atomic mass is 10.0. The second-order valence-corrected chi connectivity index (χ2v) is 5.55. The lowest BCUT2D eigenvalue weighted by Gasteiger charge is -2.19. The minimum absolute atomic E-state index is 0.744. The SMILES string of the molecule is CCCC1CCN(CCCC(CC)NCC)C1. The number of nitrogens with zero attached hydrogens (tertiary/aromatic N) is 1. The van der Waals surface area contributed by atoms with Gasteiger partial charge in [-0.3, -0.25) is 0 Å². The Bertz CT molecular complexity index is 182. The number of hydrogen-bond donors (Lipinski definition) is 1. The van der Waals surface area contributed by atoms with Crippen molar-refractivity contribution < 1.29 is 0 Å². The topological polar surface area (TPSA) is 15.3 Å². The summed E-state index contributed by atoms with van der Waals surface area (Å²) in [6.07, 6.45) is 8.22. The molecule has 0 saturated carbocycles. The van der Waals surface area contributed by atoms with Gasteiger partial charge in [0.2, 0.25) is 0 Å². The standard InChI is InChI=1S/C15H32N2/c1-4-8-14-10-12-17(13-14)11-7-9-15(5-2)16-6-3/h14-16H,4-13H2,1-3H3. The van der Waals surface area contributed by atoms with Crippen molar-refractivity contribution in [2.75, 3.05) is 26.2 Å². The Balaban J connectivity index is 2.07. The maximum atomic E-state index is 3.57. The van der Waals surface area contributed by atoms with Crippen molar-refractivity contribution in [2.45, 2.75) is 65.3 Å². The molecule has 0 amide bonds. The number of likely N-dealkylation sites (tertiary alicyclic amines) is 1. The highest BCUT2D eigenvalue weighted by Crippen LogP contribution is 2.21. The monoisotopic (exact) mass is 240 g/mol. The van der Waals surface area contributed by atoms with E-state index in [1.165, 1.54) is 58.2 Å². The smallest absolute Gasteiger partial charge is 0.00647 e. The van der Waals surface area contributed by atoms with Crippen molar-refractivity contribution in [3.8, 4) is 0 Å². The largest absolute Gasteiger partial charge is 0.314 e. The highest BCUT2D eigenvalue weighted by atomic mass is 15.1. The summed E-state index contributed by atoms with van der Waals surface area (Å²) in [4.78, 5) is 2.68. The van der Waals surface area contributed by atoms with Gasteiger partial charge in [-0.15, -0.1) is 0 Å². The van der Waals surface area contributed by atoms with E-state index in [-0.39, 0.29) is 0 Å². The Morgan fingerprint density at radius 2 is 2.12 bits per heavy atom. The normalized spacial score (nSPS) is 23.1. The second kappa shape index (κ2) is 8.93. The summed E-state index contributed by atoms with van der Waals surface area (Å²) in [6, 6.07) is 0.744. The van der Waals surface area contributed by atoms with Crippen LogP contribution in [0.25, 0.3) is 0 Å². The van der Waals surface area contributed by atoms with Crippen LogP contribution in [0.2, 0.25) is 0 Å². The van der Waals surface area contributed by atoms with E-state index >= 15 is 0 Å². The summed E-state index contributed by atoms with van der Waals surface area (Å²) < 4.78 is 0. The van der Waals surface area contributed by atoms with Crippen molar-refractivity contribution >= 4 is 0 Å². The first-order valence-corrected chi connectivity index (χ1v) is 7.75. The quantitative estimate of drug-likeness (QED) is 0.665. The summed E-state index contributed by atoms with van der Waals surface area (Å²) in [5.41, 5.74) is 0. The lowest BCUT2D eigenvalue weighted by Crippen LogP contribution is -2.30. The fraction of sp³-hybridized carbons (Fsp3) is 1.00. The van der Waals surface area contributed by atoms with Crippen LogP contribution in [-0.2, 0) is 0 Å². The van der Waals surface area contributed by atoms with Gasteiger partial charge in [-0.2, -0.15) is 0 Å². The zero-order chi connectivity index (χ0) is 12.5. The molecule has 0 radical (unpaired) electrons. The third kappa shape index (κ3) is 5.87. The van der Waals surface area contributed by atoms with E-state index < -0.39 is 0 Å². The molecule has 1 aliphatic heterocycles. The first-order chi connectivity index (χ1) is 8.30. The van der Waals surface area contributed by atoms with Crippen molar-refractivity contribution in [3.05, 3.63) is 0 Å². The average Bonchev–Trinajstić information content (AvgIpc) is 2.76. The second-order valence-electron chi connectivity index (χ2n) is 5.55. The van der Waals surface area contributed by atoms with Gasteiger partial charge < -0.3 is 10.2 Å². The van der Waals surface area contributed by atoms with E-state index in [1.807, 2.05) is 0 Å². The zero-order valence-corrected chi connectivity index (χ0v) is 12.2. The molecule has 0 bridgehead atoms. The molecule has 1 saturated heterocycles. The van der Waals surface area contributed by atoms with Crippen LogP contribution in [0, 0.1) is 5.92 Å². The molecule has 102 valence electrons. The summed E-state index contributed by atoms with van der Waals surface area (Å²) in [5.74, 6) is 0.996. The molecule has 1 N–H and O–H groups in total. The molecule has 0 aliphatic carbocycles. The molecule has 1 aliphatic rings. The Kier molecular flexibility index (Phi) is 7.87. The van der Waals surface area contributed by atoms with Gasteiger partial charge >= 0.3 is 0 Å². The Hall–Kier alpha value is -0.0800. The van der Waals surface area contributed by atoms with Gasteiger partial charge in [0.05, 0.1) is 0 Å². The maximum absolute atomic E-state index is 3.57. The molecule has 2 atom stereocenters. The van der Waals surface area contributed by atoms with Crippen LogP contribution in [-0.4, -0.2) is 37.1 Å². The third-order valence-corrected chi connectivity index (χ3v) is 4.08. The van der Waals surface area contributed by atoms with E-state index in [0.717, 1.165) is 18.5 Å². The maximum Gasteiger partial charge on any atom is 0.00647 e. The van der Waals surface area contributed by atoms with Crippen LogP contribution < -0.4 is 5.32 Å². The molecular weight excluding hydrogens is 208 g/mol. The van der Waals surface area contributed by atoms with E-state index in [2.05, 4.69) is 31.0 Å². The van der Waals surface area contributed by atoms with Crippen molar-refractivity contribution in [2.24, 2.45) is 5.92 Å². The molecule has 1 fully saturated rings. The van der Waals surface area contributed by atoms with Gasteiger partial charge in [0.1, 0.15) is 0 Å². The zero-order valence-electron chi connectivity index (χ0n) is 12.2. The molecular formula is C15H32N2. The number of rotatable bonds is 9. The van der Waals surface area contributed by atoms with Gasteiger partial charge in [0.15, 0.2) is 0 Å². The van der Waals surface area contributed by atoms with Crippen molar-refractivity contribution in [3.63, 3.8) is 0 Å². The Morgan fingerprint density at radius 1 is 1.29 bits per heavy atom. The summed E-state index contributed by atoms with van der Waals surface area (Å²) in [7, 11) is 0. The Morgan fingerprint density at radius 3 is 2.76 bits per heavy atom. The highest BCUT2D eigenvalue weighted by Gasteiger charge is 2.21. The minimum Gasteiger partial charge on any atom is -0.314 e. The lowest BCUT2D eigenvalue weighted by molar-refractivity contribution is 0.303. The predicted octanol–water partition coefficient (Wildman–Crippen LogP) is 3.28. The summed E-state index contributed by atoms with van der Waals surface area (Å²) in [5, 5.41) is 3.57. The van der Waals surface area contributed by atoms with Crippen LogP contribution >= 0.6 is 0 Å². The summed E-state index contributed by atoms with van der Waals surface area (Å²) in [6.45, 7) is 12.0. The molecule has 17 heavy (non-hydrogen) atoms. The van der Waals surface area contributed by atoms with Gasteiger partial charge in [-0.05, 0) is 57.7 Å². The average molecular weight is 240 g/mol. The molecule has 2 heteroatoms. The van der Waals surface area contributed by atoms with Gasteiger partial charge in [-0.1, -0.05) is 27.2 Å². The fourth-order valence-electron chi connectivity index (χ4n) is 3.06. The van der Waals surface area contributed by atoms with Crippen LogP contribution in [0.1, 0.15) is 59.3 Å². The van der Waals surface area contributed by atoms with E-state index in [9.17, 15) is 0 Å². The van der Waals surface area contributed by atoms with Gasteiger partial charge in [-0.25, -0.2) is 0 Å². The van der Waals surface area contributed by atoms with E-state index in [4.69, 9.17) is 0 Å². The van der Waals surface area contributed by atoms with E-state index in [1.54, 1.807) is 0 Å². The van der Waals surface area contributed by atoms with Crippen LogP contribution in [0.15, 0.2) is 0 Å². The highest BCUT2D eigenvalue weighted by molar-refractivity contribution is 4.75. The Labute approximate surface area is 108 Å². The van der Waals surface area contributed by atoms with Crippen LogP contribution in [0.4, 0.5) is 0 Å². The van der Waals surface area contributed by atoms with E-state index in [0.29, 0.717) is 0 Å². The van der Waals surface area contributed by atoms with Crippen molar-refractivity contribution in [1.29, 1.82) is 0 Å². The van der Waals surface area contributed by atoms with Crippen molar-refractivity contribution in [1.82, 2.24) is 10.2 Å². The van der Waals surface area contributed by atoms with Gasteiger partial charge in [0, 0.05) is 12.6 Å². The third-order valence-electron chi connectivity index (χ3n) is 4.08. The molecule has 0 spiro atoms. The summed E-state index contributed by atoms with van der Waals surface area (Å²) >= 11 is 0. The first-order valence-electron chi connectivity index (χ1n) is 7.75. The molecule has 1 heterocycles. The minimum atomic E-state index is 0.744. The molecule has 0 aromatic carbocycles. The van der Waals surface area contributed by atoms with Crippen LogP contribution in [0.5, 0.6) is 0 Å². The predicted molar refractivity (Wildman–Crippen MR) is 76.4 cm³/mol. The van der Waals surface area contributed by atoms with Crippen LogP contribution in [0.3, 0.4) is 0 Å². The molecule has 2 nitrogen and oxygen atoms in total. The number of nitrogens with one attached hydrogen (secondary N) is 1. The fourth-order valence-corrected chi connectivity index (χ4v) is 3.06. The number of hydrogen-bond acceptors (Lipinski definition) is 2. The molecule has 0 aromatic rings. The molecule has 2 unspecified atom stereocenters. The first kappa shape index (κ1) is 15.0. The van der Waals surface area contributed by atoms with Gasteiger partial charge in [0.25, 0.3) is 0 Å². The molecule has 1 rings (SSSR count).